The predicted molar refractivity (Wildman–Crippen MR) is 61.8 cm³/mol. The van der Waals surface area contributed by atoms with Gasteiger partial charge in [-0.3, -0.25) is 19.3 Å². The molecule has 0 aromatic heterocycles. The summed E-state index contributed by atoms with van der Waals surface area (Å²) in [5.41, 5.74) is -2.05. The van der Waals surface area contributed by atoms with E-state index in [4.69, 9.17) is 5.11 Å². The van der Waals surface area contributed by atoms with Crippen LogP contribution >= 0.6 is 0 Å². The van der Waals surface area contributed by atoms with Crippen LogP contribution in [0.25, 0.3) is 0 Å². The van der Waals surface area contributed by atoms with Crippen molar-refractivity contribution < 1.29 is 29.4 Å². The first kappa shape index (κ1) is 15.1. The van der Waals surface area contributed by atoms with E-state index < -0.39 is 24.0 Å². The molecule has 3 N–H and O–H groups in total. The highest BCUT2D eigenvalue weighted by Crippen LogP contribution is 2.11. The topological polar surface area (TPSA) is 124 Å². The molecule has 0 saturated carbocycles. The number of likely N-dealkylation sites (tertiary alicyclic amines) is 1. The van der Waals surface area contributed by atoms with Crippen molar-refractivity contribution in [2.45, 2.75) is 31.8 Å². The normalized spacial score (nSPS) is 18.3. The maximum absolute atomic E-state index is 11.4. The van der Waals surface area contributed by atoms with Crippen LogP contribution in [-0.2, 0) is 19.2 Å². The summed E-state index contributed by atoms with van der Waals surface area (Å²) in [5, 5.41) is 20.2. The zero-order valence-corrected chi connectivity index (χ0v) is 10.5. The molecule has 3 amide bonds. The fourth-order valence-electron chi connectivity index (χ4n) is 1.52. The van der Waals surface area contributed by atoms with E-state index in [0.29, 0.717) is 0 Å². The average molecular weight is 272 g/mol. The van der Waals surface area contributed by atoms with Crippen molar-refractivity contribution in [2.24, 2.45) is 0 Å². The number of aliphatic carboxylic acids is 1. The summed E-state index contributed by atoms with van der Waals surface area (Å²) in [6.07, 6.45) is 0.204. The number of amides is 3. The minimum absolute atomic E-state index is 0.0291. The number of carbonyl (C=O) groups is 4. The highest BCUT2D eigenvalue weighted by Gasteiger charge is 2.31. The molecule has 0 spiro atoms. The molecule has 106 valence electrons. The van der Waals surface area contributed by atoms with Gasteiger partial charge in [0.1, 0.15) is 0 Å². The van der Waals surface area contributed by atoms with Gasteiger partial charge in [0.2, 0.25) is 17.7 Å². The van der Waals surface area contributed by atoms with Crippen LogP contribution in [0.5, 0.6) is 0 Å². The molecule has 0 aromatic carbocycles. The molecule has 8 nitrogen and oxygen atoms in total. The van der Waals surface area contributed by atoms with Crippen molar-refractivity contribution in [3.05, 3.63) is 0 Å². The first-order valence-electron chi connectivity index (χ1n) is 5.79. The third kappa shape index (κ3) is 4.02. The van der Waals surface area contributed by atoms with Crippen molar-refractivity contribution in [2.75, 3.05) is 13.1 Å². The highest BCUT2D eigenvalue weighted by atomic mass is 16.4. The molecule has 1 rings (SSSR count). The van der Waals surface area contributed by atoms with Gasteiger partial charge in [-0.25, -0.2) is 4.79 Å². The van der Waals surface area contributed by atoms with Gasteiger partial charge in [0.05, 0.1) is 6.54 Å². The fourth-order valence-corrected chi connectivity index (χ4v) is 1.52. The fraction of sp³-hybridized carbons (Fsp3) is 0.636. The molecule has 0 radical (unpaired) electrons. The first-order valence-corrected chi connectivity index (χ1v) is 5.79. The largest absolute Gasteiger partial charge is 0.479 e. The summed E-state index contributed by atoms with van der Waals surface area (Å²) in [5.74, 6) is -2.60. The number of carbonyl (C=O) groups excluding carboxylic acids is 3. The second kappa shape index (κ2) is 5.79. The molecule has 1 saturated heterocycles. The van der Waals surface area contributed by atoms with Gasteiger partial charge in [-0.1, -0.05) is 0 Å². The first-order chi connectivity index (χ1) is 8.74. The van der Waals surface area contributed by atoms with Crippen molar-refractivity contribution in [3.63, 3.8) is 0 Å². The SMILES string of the molecule is CC(O)(CNC(=O)CCN1C(=O)CCC1=O)C(=O)O. The van der Waals surface area contributed by atoms with Gasteiger partial charge >= 0.3 is 5.97 Å². The molecule has 1 heterocycles. The van der Waals surface area contributed by atoms with Crippen LogP contribution in [0, 0.1) is 0 Å². The Morgan fingerprint density at radius 2 is 1.84 bits per heavy atom. The number of hydrogen-bond donors (Lipinski definition) is 3. The minimum Gasteiger partial charge on any atom is -0.479 e. The lowest BCUT2D eigenvalue weighted by molar-refractivity contribution is -0.156. The Bertz CT molecular complexity index is 401. The lowest BCUT2D eigenvalue weighted by Crippen LogP contribution is -2.47. The number of imide groups is 1. The number of nitrogens with one attached hydrogen (secondary N) is 1. The molecule has 1 aliphatic rings. The van der Waals surface area contributed by atoms with Crippen LogP contribution in [0.2, 0.25) is 0 Å². The van der Waals surface area contributed by atoms with Crippen LogP contribution in [0.3, 0.4) is 0 Å². The van der Waals surface area contributed by atoms with Crippen LogP contribution in [0.1, 0.15) is 26.2 Å². The maximum atomic E-state index is 11.4. The number of rotatable bonds is 6. The zero-order valence-electron chi connectivity index (χ0n) is 10.5. The second-order valence-electron chi connectivity index (χ2n) is 4.54. The summed E-state index contributed by atoms with van der Waals surface area (Å²) < 4.78 is 0. The van der Waals surface area contributed by atoms with E-state index in [9.17, 15) is 24.3 Å². The smallest absolute Gasteiger partial charge is 0.337 e. The summed E-state index contributed by atoms with van der Waals surface area (Å²) in [6.45, 7) is 0.588. The van der Waals surface area contributed by atoms with Gasteiger partial charge in [0, 0.05) is 25.8 Å². The van der Waals surface area contributed by atoms with Crippen LogP contribution < -0.4 is 5.32 Å². The Morgan fingerprint density at radius 1 is 1.32 bits per heavy atom. The Balaban J connectivity index is 2.34. The Labute approximate surface area is 109 Å². The lowest BCUT2D eigenvalue weighted by Gasteiger charge is -2.19. The van der Waals surface area contributed by atoms with Gasteiger partial charge < -0.3 is 15.5 Å². The molecule has 0 aromatic rings. The Kier molecular flexibility index (Phi) is 4.60. The van der Waals surface area contributed by atoms with E-state index >= 15 is 0 Å². The van der Waals surface area contributed by atoms with Crippen LogP contribution in [0.15, 0.2) is 0 Å². The molecule has 0 bridgehead atoms. The molecular formula is C11H16N2O6. The predicted octanol–water partition coefficient (Wildman–Crippen LogP) is -1.52. The molecule has 0 aliphatic carbocycles. The van der Waals surface area contributed by atoms with Crippen LogP contribution in [-0.4, -0.2) is 57.5 Å². The number of carboxylic acid groups (broad SMARTS) is 1. The molecule has 8 heteroatoms. The van der Waals surface area contributed by atoms with E-state index in [1.165, 1.54) is 0 Å². The Morgan fingerprint density at radius 3 is 2.32 bits per heavy atom. The molecular weight excluding hydrogens is 256 g/mol. The van der Waals surface area contributed by atoms with Gasteiger partial charge in [-0.2, -0.15) is 0 Å². The summed E-state index contributed by atoms with van der Waals surface area (Å²) in [7, 11) is 0. The molecule has 19 heavy (non-hydrogen) atoms. The van der Waals surface area contributed by atoms with E-state index in [1.807, 2.05) is 0 Å². The summed E-state index contributed by atoms with van der Waals surface area (Å²) >= 11 is 0. The van der Waals surface area contributed by atoms with Crippen molar-refractivity contribution >= 4 is 23.7 Å². The summed E-state index contributed by atoms with van der Waals surface area (Å²) in [4.78, 5) is 45.5. The zero-order chi connectivity index (χ0) is 14.6. The van der Waals surface area contributed by atoms with Gasteiger partial charge in [-0.05, 0) is 6.92 Å². The number of aliphatic hydroxyl groups is 1. The van der Waals surface area contributed by atoms with Crippen molar-refractivity contribution in [1.82, 2.24) is 10.2 Å². The van der Waals surface area contributed by atoms with Gasteiger partial charge in [0.25, 0.3) is 0 Å². The number of hydrogen-bond acceptors (Lipinski definition) is 5. The quantitative estimate of drug-likeness (QED) is 0.504. The minimum atomic E-state index is -2.05. The van der Waals surface area contributed by atoms with E-state index in [2.05, 4.69) is 5.32 Å². The highest BCUT2D eigenvalue weighted by molar-refractivity contribution is 6.02. The van der Waals surface area contributed by atoms with Crippen molar-refractivity contribution in [3.8, 4) is 0 Å². The number of nitrogens with zero attached hydrogens (tertiary/aromatic N) is 1. The molecule has 1 aliphatic heterocycles. The monoisotopic (exact) mass is 272 g/mol. The van der Waals surface area contributed by atoms with E-state index in [1.54, 1.807) is 0 Å². The average Bonchev–Trinajstić information content (AvgIpc) is 2.64. The van der Waals surface area contributed by atoms with Crippen LogP contribution in [0.4, 0.5) is 0 Å². The van der Waals surface area contributed by atoms with Crippen molar-refractivity contribution in [1.29, 1.82) is 0 Å². The van der Waals surface area contributed by atoms with E-state index in [-0.39, 0.29) is 37.6 Å². The molecule has 1 unspecified atom stereocenters. The van der Waals surface area contributed by atoms with Gasteiger partial charge in [-0.15, -0.1) is 0 Å². The third-order valence-corrected chi connectivity index (χ3v) is 2.81. The lowest BCUT2D eigenvalue weighted by atomic mass is 10.1. The molecule has 1 fully saturated rings. The maximum Gasteiger partial charge on any atom is 0.337 e. The third-order valence-electron chi connectivity index (χ3n) is 2.81. The number of carboxylic acids is 1. The van der Waals surface area contributed by atoms with Gasteiger partial charge in [0.15, 0.2) is 5.60 Å². The standard InChI is InChI=1S/C11H16N2O6/c1-11(19,10(17)18)6-12-7(14)4-5-13-8(15)2-3-9(13)16/h19H,2-6H2,1H3,(H,12,14)(H,17,18). The van der Waals surface area contributed by atoms with E-state index in [0.717, 1.165) is 11.8 Å². The second-order valence-corrected chi connectivity index (χ2v) is 4.54. The molecule has 1 atom stereocenters. The summed E-state index contributed by atoms with van der Waals surface area (Å²) in [6, 6.07) is 0. The Hall–Kier alpha value is -1.96.